The molecule has 1 saturated heterocycles. The van der Waals surface area contributed by atoms with E-state index in [0.717, 1.165) is 25.3 Å². The van der Waals surface area contributed by atoms with Crippen LogP contribution in [0.15, 0.2) is 12.3 Å². The standard InChI is InChI=1S/C16H28N4/c1-4-17-12-15-13-18-14(2)11-16(15)19(3)9-10-20-7-5-6-8-20/h11,13,17H,4-10,12H2,1-3H3. The molecule has 4 heteroatoms. The summed E-state index contributed by atoms with van der Waals surface area (Å²) in [6, 6.07) is 2.21. The van der Waals surface area contributed by atoms with Gasteiger partial charge < -0.3 is 15.1 Å². The van der Waals surface area contributed by atoms with E-state index in [1.165, 1.54) is 43.7 Å². The number of nitrogens with one attached hydrogen (secondary N) is 1. The van der Waals surface area contributed by atoms with Crippen molar-refractivity contribution in [2.24, 2.45) is 0 Å². The lowest BCUT2D eigenvalue weighted by atomic mass is 10.2. The monoisotopic (exact) mass is 276 g/mol. The van der Waals surface area contributed by atoms with E-state index in [-0.39, 0.29) is 0 Å². The number of hydrogen-bond acceptors (Lipinski definition) is 4. The molecule has 1 aliphatic rings. The van der Waals surface area contributed by atoms with Crippen molar-refractivity contribution < 1.29 is 0 Å². The molecule has 112 valence electrons. The minimum atomic E-state index is 0.896. The molecule has 0 radical (unpaired) electrons. The van der Waals surface area contributed by atoms with Gasteiger partial charge in [-0.25, -0.2) is 0 Å². The molecule has 0 unspecified atom stereocenters. The molecule has 1 aromatic rings. The van der Waals surface area contributed by atoms with Crippen LogP contribution in [0.25, 0.3) is 0 Å². The molecule has 2 heterocycles. The lowest BCUT2D eigenvalue weighted by Crippen LogP contribution is -2.32. The van der Waals surface area contributed by atoms with Gasteiger partial charge in [0.25, 0.3) is 0 Å². The first-order valence-corrected chi connectivity index (χ1v) is 7.80. The number of likely N-dealkylation sites (N-methyl/N-ethyl adjacent to an activating group) is 1. The summed E-state index contributed by atoms with van der Waals surface area (Å²) in [4.78, 5) is 9.37. The van der Waals surface area contributed by atoms with Crippen LogP contribution in [0.3, 0.4) is 0 Å². The Balaban J connectivity index is 1.98. The van der Waals surface area contributed by atoms with Crippen molar-refractivity contribution in [3.05, 3.63) is 23.5 Å². The van der Waals surface area contributed by atoms with Crippen LogP contribution in [0.4, 0.5) is 5.69 Å². The number of anilines is 1. The molecular weight excluding hydrogens is 248 g/mol. The summed E-state index contributed by atoms with van der Waals surface area (Å²) in [5, 5.41) is 3.40. The third-order valence-corrected chi connectivity index (χ3v) is 4.03. The second-order valence-electron chi connectivity index (χ2n) is 5.71. The predicted octanol–water partition coefficient (Wildman–Crippen LogP) is 2.03. The van der Waals surface area contributed by atoms with E-state index in [2.05, 4.69) is 47.1 Å². The molecule has 1 fully saturated rings. The molecule has 0 atom stereocenters. The van der Waals surface area contributed by atoms with Gasteiger partial charge in [-0.05, 0) is 45.5 Å². The average molecular weight is 276 g/mol. The number of aryl methyl sites for hydroxylation is 1. The maximum atomic E-state index is 4.44. The zero-order valence-electron chi connectivity index (χ0n) is 13.2. The van der Waals surface area contributed by atoms with Crippen molar-refractivity contribution in [3.63, 3.8) is 0 Å². The first-order chi connectivity index (χ1) is 9.70. The van der Waals surface area contributed by atoms with Gasteiger partial charge in [0.2, 0.25) is 0 Å². The van der Waals surface area contributed by atoms with Gasteiger partial charge in [-0.2, -0.15) is 0 Å². The van der Waals surface area contributed by atoms with Gasteiger partial charge in [0.1, 0.15) is 0 Å². The lowest BCUT2D eigenvalue weighted by Gasteiger charge is -2.25. The minimum absolute atomic E-state index is 0.896. The Morgan fingerprint density at radius 2 is 2.10 bits per heavy atom. The SMILES string of the molecule is CCNCc1cnc(C)cc1N(C)CCN1CCCC1. The highest BCUT2D eigenvalue weighted by molar-refractivity contribution is 5.53. The van der Waals surface area contributed by atoms with Gasteiger partial charge in [-0.15, -0.1) is 0 Å². The van der Waals surface area contributed by atoms with Crippen LogP contribution in [0.2, 0.25) is 0 Å². The van der Waals surface area contributed by atoms with Crippen LogP contribution in [0.1, 0.15) is 31.0 Å². The Labute approximate surface area is 123 Å². The summed E-state index contributed by atoms with van der Waals surface area (Å²) < 4.78 is 0. The number of pyridine rings is 1. The summed E-state index contributed by atoms with van der Waals surface area (Å²) in [6.07, 6.45) is 4.74. The number of hydrogen-bond donors (Lipinski definition) is 1. The topological polar surface area (TPSA) is 31.4 Å². The van der Waals surface area contributed by atoms with Gasteiger partial charge >= 0.3 is 0 Å². The number of likely N-dealkylation sites (tertiary alicyclic amines) is 1. The Bertz CT molecular complexity index is 413. The van der Waals surface area contributed by atoms with E-state index < -0.39 is 0 Å². The molecule has 1 N–H and O–H groups in total. The first-order valence-electron chi connectivity index (χ1n) is 7.80. The molecule has 2 rings (SSSR count). The van der Waals surface area contributed by atoms with Crippen LogP contribution in [-0.4, -0.2) is 49.7 Å². The lowest BCUT2D eigenvalue weighted by molar-refractivity contribution is 0.346. The van der Waals surface area contributed by atoms with E-state index in [9.17, 15) is 0 Å². The number of rotatable bonds is 7. The van der Waals surface area contributed by atoms with Crippen LogP contribution >= 0.6 is 0 Å². The maximum absolute atomic E-state index is 4.44. The summed E-state index contributed by atoms with van der Waals surface area (Å²) >= 11 is 0. The maximum Gasteiger partial charge on any atom is 0.0443 e. The molecule has 20 heavy (non-hydrogen) atoms. The molecule has 1 aromatic heterocycles. The van der Waals surface area contributed by atoms with Crippen LogP contribution in [-0.2, 0) is 6.54 Å². The molecule has 1 aliphatic heterocycles. The zero-order chi connectivity index (χ0) is 14.4. The van der Waals surface area contributed by atoms with Gasteiger partial charge in [0, 0.05) is 49.8 Å². The van der Waals surface area contributed by atoms with Gasteiger partial charge in [-0.1, -0.05) is 6.92 Å². The Kier molecular flexibility index (Phi) is 5.80. The van der Waals surface area contributed by atoms with E-state index in [4.69, 9.17) is 0 Å². The first kappa shape index (κ1) is 15.3. The van der Waals surface area contributed by atoms with Crippen LogP contribution in [0.5, 0.6) is 0 Å². The average Bonchev–Trinajstić information content (AvgIpc) is 2.96. The van der Waals surface area contributed by atoms with E-state index >= 15 is 0 Å². The fourth-order valence-electron chi connectivity index (χ4n) is 2.74. The van der Waals surface area contributed by atoms with Crippen molar-refractivity contribution in [3.8, 4) is 0 Å². The van der Waals surface area contributed by atoms with Gasteiger partial charge in [-0.3, -0.25) is 4.98 Å². The quantitative estimate of drug-likeness (QED) is 0.826. The van der Waals surface area contributed by atoms with E-state index in [1.807, 2.05) is 6.20 Å². The van der Waals surface area contributed by atoms with Crippen molar-refractivity contribution in [1.82, 2.24) is 15.2 Å². The highest BCUT2D eigenvalue weighted by Crippen LogP contribution is 2.20. The summed E-state index contributed by atoms with van der Waals surface area (Å²) in [5.74, 6) is 0. The Morgan fingerprint density at radius 3 is 2.80 bits per heavy atom. The van der Waals surface area contributed by atoms with Gasteiger partial charge in [0.05, 0.1) is 0 Å². The number of aromatic nitrogens is 1. The molecule has 4 nitrogen and oxygen atoms in total. The van der Waals surface area contributed by atoms with Crippen LogP contribution in [0, 0.1) is 6.92 Å². The molecule has 0 bridgehead atoms. The minimum Gasteiger partial charge on any atom is -0.373 e. The van der Waals surface area contributed by atoms with Crippen molar-refractivity contribution in [1.29, 1.82) is 0 Å². The molecule has 0 amide bonds. The molecule has 0 aliphatic carbocycles. The normalized spacial score (nSPS) is 15.8. The fourth-order valence-corrected chi connectivity index (χ4v) is 2.74. The molecule has 0 aromatic carbocycles. The largest absolute Gasteiger partial charge is 0.373 e. The Morgan fingerprint density at radius 1 is 1.35 bits per heavy atom. The second kappa shape index (κ2) is 7.60. The van der Waals surface area contributed by atoms with Crippen molar-refractivity contribution >= 4 is 5.69 Å². The third kappa shape index (κ3) is 4.18. The van der Waals surface area contributed by atoms with Crippen molar-refractivity contribution in [2.45, 2.75) is 33.2 Å². The fraction of sp³-hybridized carbons (Fsp3) is 0.688. The third-order valence-electron chi connectivity index (χ3n) is 4.03. The molecular formula is C16H28N4. The van der Waals surface area contributed by atoms with Gasteiger partial charge in [0.15, 0.2) is 0 Å². The van der Waals surface area contributed by atoms with E-state index in [0.29, 0.717) is 0 Å². The zero-order valence-corrected chi connectivity index (χ0v) is 13.2. The smallest absolute Gasteiger partial charge is 0.0443 e. The Hall–Kier alpha value is -1.13. The van der Waals surface area contributed by atoms with Crippen LogP contribution < -0.4 is 10.2 Å². The van der Waals surface area contributed by atoms with E-state index in [1.54, 1.807) is 0 Å². The summed E-state index contributed by atoms with van der Waals surface area (Å²) in [6.45, 7) is 10.9. The number of nitrogens with zero attached hydrogens (tertiary/aromatic N) is 3. The predicted molar refractivity (Wildman–Crippen MR) is 85.3 cm³/mol. The highest BCUT2D eigenvalue weighted by Gasteiger charge is 2.13. The van der Waals surface area contributed by atoms with Crippen molar-refractivity contribution in [2.75, 3.05) is 44.7 Å². The summed E-state index contributed by atoms with van der Waals surface area (Å²) in [7, 11) is 2.19. The highest BCUT2D eigenvalue weighted by atomic mass is 15.2. The summed E-state index contributed by atoms with van der Waals surface area (Å²) in [5.41, 5.74) is 3.70. The molecule has 0 saturated carbocycles. The second-order valence-corrected chi connectivity index (χ2v) is 5.71. The molecule has 0 spiro atoms.